The average Bonchev–Trinajstić information content (AvgIpc) is 2.78. The van der Waals surface area contributed by atoms with E-state index >= 15 is 0 Å². The zero-order chi connectivity index (χ0) is 11.6. The lowest BCUT2D eigenvalue weighted by Gasteiger charge is -2.23. The molecule has 0 aliphatic heterocycles. The van der Waals surface area contributed by atoms with Crippen molar-refractivity contribution in [1.29, 1.82) is 0 Å². The predicted octanol–water partition coefficient (Wildman–Crippen LogP) is -0.283. The number of carbonyl (C=O) groups is 1. The Morgan fingerprint density at radius 1 is 1.53 bits per heavy atom. The van der Waals surface area contributed by atoms with Crippen molar-refractivity contribution in [2.45, 2.75) is 18.6 Å². The van der Waals surface area contributed by atoms with Crippen LogP contribution in [0.15, 0.2) is 0 Å². The SMILES string of the molecule is NC1CC1C(=O)N(CCO)CC(F)(F)F. The van der Waals surface area contributed by atoms with Gasteiger partial charge in [-0.15, -0.1) is 0 Å². The van der Waals surface area contributed by atoms with Gasteiger partial charge in [-0.2, -0.15) is 13.2 Å². The van der Waals surface area contributed by atoms with E-state index in [2.05, 4.69) is 0 Å². The summed E-state index contributed by atoms with van der Waals surface area (Å²) in [5.41, 5.74) is 5.37. The van der Waals surface area contributed by atoms with E-state index in [-0.39, 0.29) is 12.6 Å². The topological polar surface area (TPSA) is 66.6 Å². The first kappa shape index (κ1) is 12.3. The van der Waals surface area contributed by atoms with Crippen LogP contribution >= 0.6 is 0 Å². The highest BCUT2D eigenvalue weighted by atomic mass is 19.4. The molecule has 0 aromatic carbocycles. The number of nitrogens with two attached hydrogens (primary N) is 1. The van der Waals surface area contributed by atoms with Crippen LogP contribution in [-0.2, 0) is 4.79 Å². The maximum absolute atomic E-state index is 12.1. The number of aliphatic hydroxyl groups excluding tert-OH is 1. The third kappa shape index (κ3) is 3.67. The minimum Gasteiger partial charge on any atom is -0.395 e. The summed E-state index contributed by atoms with van der Waals surface area (Å²) in [5.74, 6) is -1.12. The lowest BCUT2D eigenvalue weighted by Crippen LogP contribution is -2.42. The smallest absolute Gasteiger partial charge is 0.395 e. The Bertz CT molecular complexity index is 245. The van der Waals surface area contributed by atoms with Gasteiger partial charge in [-0.3, -0.25) is 4.79 Å². The van der Waals surface area contributed by atoms with Crippen LogP contribution in [0.2, 0.25) is 0 Å². The second kappa shape index (κ2) is 4.36. The molecular formula is C8H13F3N2O2. The minimum absolute atomic E-state index is 0.304. The fourth-order valence-electron chi connectivity index (χ4n) is 1.34. The average molecular weight is 226 g/mol. The summed E-state index contributed by atoms with van der Waals surface area (Å²) < 4.78 is 36.2. The minimum atomic E-state index is -4.44. The number of nitrogens with zero attached hydrogens (tertiary/aromatic N) is 1. The van der Waals surface area contributed by atoms with Crippen LogP contribution in [0, 0.1) is 5.92 Å². The Kier molecular flexibility index (Phi) is 3.56. The van der Waals surface area contributed by atoms with E-state index in [9.17, 15) is 18.0 Å². The molecule has 2 unspecified atom stereocenters. The van der Waals surface area contributed by atoms with Crippen LogP contribution in [0.4, 0.5) is 13.2 Å². The van der Waals surface area contributed by atoms with Crippen molar-refractivity contribution in [2.24, 2.45) is 11.7 Å². The summed E-state index contributed by atoms with van der Waals surface area (Å²) >= 11 is 0. The van der Waals surface area contributed by atoms with E-state index in [1.165, 1.54) is 0 Å². The Hall–Kier alpha value is -0.820. The van der Waals surface area contributed by atoms with Crippen LogP contribution in [0.5, 0.6) is 0 Å². The molecule has 0 radical (unpaired) electrons. The van der Waals surface area contributed by atoms with E-state index < -0.39 is 31.2 Å². The maximum Gasteiger partial charge on any atom is 0.406 e. The molecule has 1 aliphatic carbocycles. The normalized spacial score (nSPS) is 25.1. The molecule has 3 N–H and O–H groups in total. The number of rotatable bonds is 4. The van der Waals surface area contributed by atoms with Gasteiger partial charge in [0.1, 0.15) is 6.54 Å². The second-order valence-corrected chi connectivity index (χ2v) is 3.60. The van der Waals surface area contributed by atoms with E-state index in [1.54, 1.807) is 0 Å². The molecule has 15 heavy (non-hydrogen) atoms. The molecule has 0 aromatic rings. The number of amides is 1. The molecule has 0 saturated heterocycles. The number of aliphatic hydroxyl groups is 1. The molecule has 1 fully saturated rings. The quantitative estimate of drug-likeness (QED) is 0.692. The molecule has 88 valence electrons. The van der Waals surface area contributed by atoms with E-state index in [0.717, 1.165) is 0 Å². The maximum atomic E-state index is 12.1. The molecule has 1 aliphatic rings. The van der Waals surface area contributed by atoms with Crippen molar-refractivity contribution in [1.82, 2.24) is 4.90 Å². The van der Waals surface area contributed by atoms with E-state index in [1.807, 2.05) is 0 Å². The van der Waals surface area contributed by atoms with Gasteiger partial charge in [0.25, 0.3) is 0 Å². The summed E-state index contributed by atoms with van der Waals surface area (Å²) in [5, 5.41) is 8.56. The van der Waals surface area contributed by atoms with E-state index in [4.69, 9.17) is 10.8 Å². The number of halogens is 3. The fourth-order valence-corrected chi connectivity index (χ4v) is 1.34. The molecule has 0 heterocycles. The first-order valence-electron chi connectivity index (χ1n) is 4.57. The molecule has 7 heteroatoms. The van der Waals surface area contributed by atoms with Crippen molar-refractivity contribution in [2.75, 3.05) is 19.7 Å². The summed E-state index contributed by atoms with van der Waals surface area (Å²) in [6.45, 7) is -2.11. The number of hydrogen-bond donors (Lipinski definition) is 2. The van der Waals surface area contributed by atoms with Gasteiger partial charge in [-0.25, -0.2) is 0 Å². The van der Waals surface area contributed by atoms with Crippen molar-refractivity contribution < 1.29 is 23.1 Å². The van der Waals surface area contributed by atoms with Crippen molar-refractivity contribution in [3.8, 4) is 0 Å². The molecular weight excluding hydrogens is 213 g/mol. The van der Waals surface area contributed by atoms with Crippen LogP contribution in [0.3, 0.4) is 0 Å². The fraction of sp³-hybridized carbons (Fsp3) is 0.875. The molecule has 1 saturated carbocycles. The number of hydrogen-bond acceptors (Lipinski definition) is 3. The first-order valence-corrected chi connectivity index (χ1v) is 4.57. The Balaban J connectivity index is 2.53. The van der Waals surface area contributed by atoms with Crippen molar-refractivity contribution >= 4 is 5.91 Å². The molecule has 0 spiro atoms. The molecule has 0 aromatic heterocycles. The van der Waals surface area contributed by atoms with Gasteiger partial charge in [-0.05, 0) is 6.42 Å². The van der Waals surface area contributed by atoms with Gasteiger partial charge in [0.05, 0.1) is 12.5 Å². The Morgan fingerprint density at radius 3 is 2.40 bits per heavy atom. The van der Waals surface area contributed by atoms with Gasteiger partial charge in [0.15, 0.2) is 0 Å². The zero-order valence-electron chi connectivity index (χ0n) is 8.00. The molecule has 0 bridgehead atoms. The molecule has 1 amide bonds. The van der Waals surface area contributed by atoms with Gasteiger partial charge in [0, 0.05) is 12.6 Å². The van der Waals surface area contributed by atoms with Gasteiger partial charge in [-0.1, -0.05) is 0 Å². The molecule has 1 rings (SSSR count). The third-order valence-electron chi connectivity index (χ3n) is 2.21. The van der Waals surface area contributed by atoms with Crippen LogP contribution in [0.25, 0.3) is 0 Å². The highest BCUT2D eigenvalue weighted by Gasteiger charge is 2.44. The monoisotopic (exact) mass is 226 g/mol. The summed E-state index contributed by atoms with van der Waals surface area (Å²) in [4.78, 5) is 12.0. The predicted molar refractivity (Wildman–Crippen MR) is 45.8 cm³/mol. The van der Waals surface area contributed by atoms with Gasteiger partial charge in [0.2, 0.25) is 5.91 Å². The lowest BCUT2D eigenvalue weighted by atomic mass is 10.3. The first-order chi connectivity index (χ1) is 6.85. The highest BCUT2D eigenvalue weighted by molar-refractivity contribution is 5.82. The van der Waals surface area contributed by atoms with Crippen molar-refractivity contribution in [3.63, 3.8) is 0 Å². The van der Waals surface area contributed by atoms with Crippen LogP contribution in [0.1, 0.15) is 6.42 Å². The standard InChI is InChI=1S/C8H13F3N2O2/c9-8(10,11)4-13(1-2-14)7(15)5-3-6(5)12/h5-6,14H,1-4,12H2. The number of carbonyl (C=O) groups excluding carboxylic acids is 1. The van der Waals surface area contributed by atoms with Gasteiger partial charge >= 0.3 is 6.18 Å². The van der Waals surface area contributed by atoms with Crippen LogP contribution < -0.4 is 5.73 Å². The lowest BCUT2D eigenvalue weighted by molar-refractivity contribution is -0.162. The summed E-state index contributed by atoms with van der Waals surface area (Å²) in [7, 11) is 0. The van der Waals surface area contributed by atoms with Crippen LogP contribution in [-0.4, -0.2) is 47.8 Å². The summed E-state index contributed by atoms with van der Waals surface area (Å²) in [6.07, 6.45) is -4.01. The van der Waals surface area contributed by atoms with E-state index in [0.29, 0.717) is 11.3 Å². The van der Waals surface area contributed by atoms with Crippen molar-refractivity contribution in [3.05, 3.63) is 0 Å². The second-order valence-electron chi connectivity index (χ2n) is 3.60. The Labute approximate surface area is 84.8 Å². The number of alkyl halides is 3. The summed E-state index contributed by atoms with van der Waals surface area (Å²) in [6, 6.07) is -0.327. The Morgan fingerprint density at radius 2 is 2.07 bits per heavy atom. The molecule has 2 atom stereocenters. The zero-order valence-corrected chi connectivity index (χ0v) is 8.00. The van der Waals surface area contributed by atoms with Gasteiger partial charge < -0.3 is 15.7 Å². The third-order valence-corrected chi connectivity index (χ3v) is 2.21. The molecule has 4 nitrogen and oxygen atoms in total. The largest absolute Gasteiger partial charge is 0.406 e. The highest BCUT2D eigenvalue weighted by Crippen LogP contribution is 2.30.